The van der Waals surface area contributed by atoms with Gasteiger partial charge in [-0.15, -0.1) is 0 Å². The van der Waals surface area contributed by atoms with E-state index in [1.54, 1.807) is 6.07 Å². The highest BCUT2D eigenvalue weighted by molar-refractivity contribution is 9.10. The number of hydrogen-bond acceptors (Lipinski definition) is 1. The van der Waals surface area contributed by atoms with Gasteiger partial charge in [0.1, 0.15) is 5.82 Å². The standard InChI is InChI=1S/C17H19BrFN/c1-12-4-2-3-5-13(12)7-9-16(20)10-14-6-8-15(18)11-17(14)19/h2-6,8,11,16H,7,9-10,20H2,1H3. The molecule has 0 fully saturated rings. The summed E-state index contributed by atoms with van der Waals surface area (Å²) in [6.45, 7) is 2.11. The molecular weight excluding hydrogens is 317 g/mol. The van der Waals surface area contributed by atoms with Gasteiger partial charge in [0.2, 0.25) is 0 Å². The zero-order valence-corrected chi connectivity index (χ0v) is 13.2. The second-order valence-electron chi connectivity index (χ2n) is 5.17. The van der Waals surface area contributed by atoms with Gasteiger partial charge in [-0.2, -0.15) is 0 Å². The first-order chi connectivity index (χ1) is 9.56. The summed E-state index contributed by atoms with van der Waals surface area (Å²) in [5, 5.41) is 0. The van der Waals surface area contributed by atoms with Crippen LogP contribution in [0.4, 0.5) is 4.39 Å². The van der Waals surface area contributed by atoms with Crippen LogP contribution in [0.1, 0.15) is 23.1 Å². The van der Waals surface area contributed by atoms with Crippen LogP contribution in [0.2, 0.25) is 0 Å². The van der Waals surface area contributed by atoms with Gasteiger partial charge in [0.15, 0.2) is 0 Å². The number of benzene rings is 2. The molecule has 0 heterocycles. The Kier molecular flexibility index (Phi) is 5.32. The lowest BCUT2D eigenvalue weighted by Gasteiger charge is -2.13. The highest BCUT2D eigenvalue weighted by Gasteiger charge is 2.09. The first-order valence-corrected chi connectivity index (χ1v) is 7.59. The van der Waals surface area contributed by atoms with E-state index in [0.717, 1.165) is 17.3 Å². The minimum atomic E-state index is -0.189. The highest BCUT2D eigenvalue weighted by atomic mass is 79.9. The summed E-state index contributed by atoms with van der Waals surface area (Å²) in [4.78, 5) is 0. The Balaban J connectivity index is 1.92. The van der Waals surface area contributed by atoms with Crippen molar-refractivity contribution in [2.75, 3.05) is 0 Å². The number of hydrogen-bond donors (Lipinski definition) is 1. The van der Waals surface area contributed by atoms with E-state index in [2.05, 4.69) is 35.0 Å². The molecule has 1 unspecified atom stereocenters. The Labute approximate surface area is 128 Å². The fourth-order valence-electron chi connectivity index (χ4n) is 2.30. The molecule has 20 heavy (non-hydrogen) atoms. The maximum absolute atomic E-state index is 13.8. The van der Waals surface area contributed by atoms with Crippen LogP contribution < -0.4 is 5.73 Å². The molecule has 0 aliphatic heterocycles. The van der Waals surface area contributed by atoms with Crippen molar-refractivity contribution in [2.45, 2.75) is 32.2 Å². The van der Waals surface area contributed by atoms with Gasteiger partial charge in [0.05, 0.1) is 0 Å². The van der Waals surface area contributed by atoms with E-state index in [-0.39, 0.29) is 11.9 Å². The third-order valence-corrected chi connectivity index (χ3v) is 4.04. The third-order valence-electron chi connectivity index (χ3n) is 3.54. The molecule has 0 aliphatic rings. The van der Waals surface area contributed by atoms with E-state index in [0.29, 0.717) is 12.0 Å². The third kappa shape index (κ3) is 4.15. The Morgan fingerprint density at radius 3 is 2.60 bits per heavy atom. The Morgan fingerprint density at radius 2 is 1.90 bits per heavy atom. The van der Waals surface area contributed by atoms with Crippen molar-refractivity contribution in [1.82, 2.24) is 0 Å². The minimum absolute atomic E-state index is 0.0229. The molecule has 0 bridgehead atoms. The van der Waals surface area contributed by atoms with Gasteiger partial charge in [0, 0.05) is 10.5 Å². The number of halogens is 2. The molecule has 0 aliphatic carbocycles. The van der Waals surface area contributed by atoms with Gasteiger partial charge in [-0.3, -0.25) is 0 Å². The topological polar surface area (TPSA) is 26.0 Å². The van der Waals surface area contributed by atoms with Crippen molar-refractivity contribution >= 4 is 15.9 Å². The van der Waals surface area contributed by atoms with Crippen LogP contribution in [0.5, 0.6) is 0 Å². The molecule has 2 N–H and O–H groups in total. The molecule has 0 spiro atoms. The van der Waals surface area contributed by atoms with Crippen LogP contribution in [0, 0.1) is 12.7 Å². The number of aryl methyl sites for hydroxylation is 2. The monoisotopic (exact) mass is 335 g/mol. The van der Waals surface area contributed by atoms with Crippen molar-refractivity contribution in [3.05, 3.63) is 69.4 Å². The lowest BCUT2D eigenvalue weighted by molar-refractivity contribution is 0.565. The maximum atomic E-state index is 13.8. The summed E-state index contributed by atoms with van der Waals surface area (Å²) in [6.07, 6.45) is 2.37. The lowest BCUT2D eigenvalue weighted by atomic mass is 9.97. The van der Waals surface area contributed by atoms with Gasteiger partial charge in [0.25, 0.3) is 0 Å². The first kappa shape index (κ1) is 15.2. The van der Waals surface area contributed by atoms with Crippen LogP contribution >= 0.6 is 15.9 Å². The zero-order valence-electron chi connectivity index (χ0n) is 11.6. The second-order valence-corrected chi connectivity index (χ2v) is 6.08. The summed E-state index contributed by atoms with van der Waals surface area (Å²) < 4.78 is 14.5. The van der Waals surface area contributed by atoms with Crippen LogP contribution in [-0.4, -0.2) is 6.04 Å². The van der Waals surface area contributed by atoms with Crippen molar-refractivity contribution in [1.29, 1.82) is 0 Å². The van der Waals surface area contributed by atoms with E-state index in [4.69, 9.17) is 5.73 Å². The molecule has 106 valence electrons. The predicted molar refractivity (Wildman–Crippen MR) is 85.3 cm³/mol. The average molecular weight is 336 g/mol. The largest absolute Gasteiger partial charge is 0.327 e. The number of rotatable bonds is 5. The Bertz CT molecular complexity index is 583. The van der Waals surface area contributed by atoms with Crippen molar-refractivity contribution in [2.24, 2.45) is 5.73 Å². The summed E-state index contributed by atoms with van der Waals surface area (Å²) in [7, 11) is 0. The summed E-state index contributed by atoms with van der Waals surface area (Å²) in [5.41, 5.74) is 9.42. The molecule has 0 amide bonds. The average Bonchev–Trinajstić information content (AvgIpc) is 2.41. The Hall–Kier alpha value is -1.19. The highest BCUT2D eigenvalue weighted by Crippen LogP contribution is 2.18. The smallest absolute Gasteiger partial charge is 0.127 e. The van der Waals surface area contributed by atoms with Crippen molar-refractivity contribution in [3.8, 4) is 0 Å². The van der Waals surface area contributed by atoms with Crippen LogP contribution in [-0.2, 0) is 12.8 Å². The molecule has 2 aromatic rings. The van der Waals surface area contributed by atoms with Gasteiger partial charge >= 0.3 is 0 Å². The quantitative estimate of drug-likeness (QED) is 0.860. The number of nitrogens with two attached hydrogens (primary N) is 1. The maximum Gasteiger partial charge on any atom is 0.127 e. The molecule has 0 saturated carbocycles. The van der Waals surface area contributed by atoms with E-state index < -0.39 is 0 Å². The van der Waals surface area contributed by atoms with Crippen molar-refractivity contribution < 1.29 is 4.39 Å². The normalized spacial score (nSPS) is 12.4. The molecule has 1 atom stereocenters. The molecule has 3 heteroatoms. The Morgan fingerprint density at radius 1 is 1.15 bits per heavy atom. The summed E-state index contributed by atoms with van der Waals surface area (Å²) >= 11 is 3.26. The summed E-state index contributed by atoms with van der Waals surface area (Å²) in [6, 6.07) is 13.4. The molecule has 1 nitrogen and oxygen atoms in total. The van der Waals surface area contributed by atoms with E-state index in [1.807, 2.05) is 18.2 Å². The van der Waals surface area contributed by atoms with Crippen LogP contribution in [0.25, 0.3) is 0 Å². The molecular formula is C17H19BrFN. The zero-order chi connectivity index (χ0) is 14.5. The predicted octanol–water partition coefficient (Wildman–Crippen LogP) is 4.40. The lowest BCUT2D eigenvalue weighted by Crippen LogP contribution is -2.24. The molecule has 0 radical (unpaired) electrons. The van der Waals surface area contributed by atoms with Gasteiger partial charge in [-0.1, -0.05) is 46.3 Å². The van der Waals surface area contributed by atoms with Gasteiger partial charge in [-0.25, -0.2) is 4.39 Å². The fourth-order valence-corrected chi connectivity index (χ4v) is 2.64. The molecule has 2 rings (SSSR count). The molecule has 2 aromatic carbocycles. The SMILES string of the molecule is Cc1ccccc1CCC(N)Cc1ccc(Br)cc1F. The van der Waals surface area contributed by atoms with Crippen molar-refractivity contribution in [3.63, 3.8) is 0 Å². The fraction of sp³-hybridized carbons (Fsp3) is 0.294. The van der Waals surface area contributed by atoms with Crippen LogP contribution in [0.3, 0.4) is 0 Å². The molecule has 0 aromatic heterocycles. The minimum Gasteiger partial charge on any atom is -0.327 e. The second kappa shape index (κ2) is 7.00. The van der Waals surface area contributed by atoms with Gasteiger partial charge in [-0.05, 0) is 55.0 Å². The van der Waals surface area contributed by atoms with Gasteiger partial charge < -0.3 is 5.73 Å². The van der Waals surface area contributed by atoms with Crippen LogP contribution in [0.15, 0.2) is 46.9 Å². The van der Waals surface area contributed by atoms with E-state index in [9.17, 15) is 4.39 Å². The van der Waals surface area contributed by atoms with E-state index >= 15 is 0 Å². The summed E-state index contributed by atoms with van der Waals surface area (Å²) in [5.74, 6) is -0.189. The van der Waals surface area contributed by atoms with E-state index in [1.165, 1.54) is 17.2 Å². The molecule has 0 saturated heterocycles. The first-order valence-electron chi connectivity index (χ1n) is 6.80.